The van der Waals surface area contributed by atoms with E-state index in [4.69, 9.17) is 9.47 Å². The number of para-hydroxylation sites is 1. The zero-order valence-corrected chi connectivity index (χ0v) is 12.6. The number of phenolic OH excluding ortho intramolecular Hbond substituents is 2. The predicted molar refractivity (Wildman–Crippen MR) is 85.2 cm³/mol. The molecule has 0 fully saturated rings. The van der Waals surface area contributed by atoms with Crippen LogP contribution in [0.25, 0.3) is 0 Å². The maximum absolute atomic E-state index is 10.1. The third-order valence-electron chi connectivity index (χ3n) is 3.11. The normalized spacial score (nSPS) is 10.8. The average molecular weight is 301 g/mol. The van der Waals surface area contributed by atoms with Crippen LogP contribution in [0.2, 0.25) is 0 Å². The van der Waals surface area contributed by atoms with Crippen LogP contribution in [-0.4, -0.2) is 30.1 Å². The number of aliphatic imine (C=N–C) groups is 1. The second-order valence-corrected chi connectivity index (χ2v) is 4.59. The SMILES string of the molecule is CCOc1cccc(CN=Cc2cc(OC)ccc2O)c1O. The first-order valence-electron chi connectivity index (χ1n) is 6.96. The summed E-state index contributed by atoms with van der Waals surface area (Å²) in [5.41, 5.74) is 1.21. The Balaban J connectivity index is 2.14. The predicted octanol–water partition coefficient (Wildman–Crippen LogP) is 3.12. The van der Waals surface area contributed by atoms with E-state index in [1.807, 2.05) is 6.92 Å². The van der Waals surface area contributed by atoms with Crippen LogP contribution >= 0.6 is 0 Å². The number of ether oxygens (including phenoxy) is 2. The molecule has 0 heterocycles. The van der Waals surface area contributed by atoms with E-state index < -0.39 is 0 Å². The summed E-state index contributed by atoms with van der Waals surface area (Å²) in [6.07, 6.45) is 1.55. The molecule has 2 aromatic carbocycles. The molecule has 0 aliphatic heterocycles. The van der Waals surface area contributed by atoms with Crippen molar-refractivity contribution in [2.75, 3.05) is 13.7 Å². The van der Waals surface area contributed by atoms with Crippen LogP contribution in [0, 0.1) is 0 Å². The van der Waals surface area contributed by atoms with Gasteiger partial charge in [0, 0.05) is 17.3 Å². The largest absolute Gasteiger partial charge is 0.507 e. The third kappa shape index (κ3) is 3.69. The van der Waals surface area contributed by atoms with Gasteiger partial charge in [-0.1, -0.05) is 12.1 Å². The van der Waals surface area contributed by atoms with E-state index in [1.54, 1.807) is 49.7 Å². The molecule has 0 radical (unpaired) electrons. The van der Waals surface area contributed by atoms with Gasteiger partial charge in [-0.2, -0.15) is 0 Å². The Morgan fingerprint density at radius 3 is 2.73 bits per heavy atom. The molecule has 2 N–H and O–H groups in total. The van der Waals surface area contributed by atoms with Crippen LogP contribution < -0.4 is 9.47 Å². The zero-order chi connectivity index (χ0) is 15.9. The zero-order valence-electron chi connectivity index (χ0n) is 12.6. The van der Waals surface area contributed by atoms with Crippen LogP contribution in [0.4, 0.5) is 0 Å². The summed E-state index contributed by atoms with van der Waals surface area (Å²) in [6.45, 7) is 2.62. The average Bonchev–Trinajstić information content (AvgIpc) is 2.53. The van der Waals surface area contributed by atoms with Gasteiger partial charge in [0.05, 0.1) is 20.3 Å². The molecular weight excluding hydrogens is 282 g/mol. The van der Waals surface area contributed by atoms with E-state index in [2.05, 4.69) is 4.99 Å². The Labute approximate surface area is 129 Å². The van der Waals surface area contributed by atoms with E-state index in [1.165, 1.54) is 0 Å². The highest BCUT2D eigenvalue weighted by molar-refractivity contribution is 5.84. The molecule has 0 bridgehead atoms. The summed E-state index contributed by atoms with van der Waals surface area (Å²) in [5.74, 6) is 1.30. The Kier molecular flexibility index (Phi) is 5.25. The summed E-state index contributed by atoms with van der Waals surface area (Å²) in [4.78, 5) is 4.25. The minimum absolute atomic E-state index is 0.0939. The first-order chi connectivity index (χ1) is 10.7. The topological polar surface area (TPSA) is 71.3 Å². The van der Waals surface area contributed by atoms with Crippen molar-refractivity contribution in [2.24, 2.45) is 4.99 Å². The number of hydrogen-bond acceptors (Lipinski definition) is 5. The number of nitrogens with zero attached hydrogens (tertiary/aromatic N) is 1. The molecular formula is C17H19NO4. The molecule has 0 saturated heterocycles. The number of benzene rings is 2. The van der Waals surface area contributed by atoms with Crippen LogP contribution in [0.1, 0.15) is 18.1 Å². The Morgan fingerprint density at radius 2 is 2.00 bits per heavy atom. The van der Waals surface area contributed by atoms with Gasteiger partial charge in [0.25, 0.3) is 0 Å². The minimum atomic E-state index is 0.0939. The Bertz CT molecular complexity index is 668. The molecule has 0 atom stereocenters. The molecule has 5 heteroatoms. The lowest BCUT2D eigenvalue weighted by Crippen LogP contribution is -1.94. The number of rotatable bonds is 6. The molecule has 5 nitrogen and oxygen atoms in total. The van der Waals surface area contributed by atoms with E-state index >= 15 is 0 Å². The van der Waals surface area contributed by atoms with Crippen molar-refractivity contribution in [3.8, 4) is 23.0 Å². The maximum atomic E-state index is 10.1. The standard InChI is InChI=1S/C17H19NO4/c1-3-22-16-6-4-5-12(17(16)20)10-18-11-13-9-14(21-2)7-8-15(13)19/h4-9,11,19-20H,3,10H2,1-2H3. The minimum Gasteiger partial charge on any atom is -0.507 e. The highest BCUT2D eigenvalue weighted by Gasteiger charge is 2.07. The van der Waals surface area contributed by atoms with Crippen molar-refractivity contribution in [2.45, 2.75) is 13.5 Å². The smallest absolute Gasteiger partial charge is 0.162 e. The lowest BCUT2D eigenvalue weighted by Gasteiger charge is -2.08. The second-order valence-electron chi connectivity index (χ2n) is 4.59. The van der Waals surface area contributed by atoms with E-state index in [0.29, 0.717) is 29.2 Å². The monoisotopic (exact) mass is 301 g/mol. The summed E-state index contributed by atoms with van der Waals surface area (Å²) in [7, 11) is 1.56. The van der Waals surface area contributed by atoms with E-state index in [0.717, 1.165) is 0 Å². The number of methoxy groups -OCH3 is 1. The fourth-order valence-corrected chi connectivity index (χ4v) is 1.97. The molecule has 22 heavy (non-hydrogen) atoms. The summed E-state index contributed by atoms with van der Waals surface area (Å²) < 4.78 is 10.4. The maximum Gasteiger partial charge on any atom is 0.162 e. The van der Waals surface area contributed by atoms with Crippen molar-refractivity contribution in [3.05, 3.63) is 47.5 Å². The molecule has 0 aromatic heterocycles. The van der Waals surface area contributed by atoms with Crippen molar-refractivity contribution < 1.29 is 19.7 Å². The fourth-order valence-electron chi connectivity index (χ4n) is 1.97. The Morgan fingerprint density at radius 1 is 1.18 bits per heavy atom. The van der Waals surface area contributed by atoms with Crippen LogP contribution in [-0.2, 0) is 6.54 Å². The van der Waals surface area contributed by atoms with Crippen molar-refractivity contribution >= 4 is 6.21 Å². The van der Waals surface area contributed by atoms with Crippen LogP contribution in [0.3, 0.4) is 0 Å². The summed E-state index contributed by atoms with van der Waals surface area (Å²) in [5, 5.41) is 19.9. The van der Waals surface area contributed by atoms with Gasteiger partial charge in [0.2, 0.25) is 0 Å². The summed E-state index contributed by atoms with van der Waals surface area (Å²) in [6, 6.07) is 10.2. The van der Waals surface area contributed by atoms with E-state index in [9.17, 15) is 10.2 Å². The molecule has 0 spiro atoms. The van der Waals surface area contributed by atoms with Crippen LogP contribution in [0.15, 0.2) is 41.4 Å². The van der Waals surface area contributed by atoms with Gasteiger partial charge in [-0.25, -0.2) is 0 Å². The van der Waals surface area contributed by atoms with Gasteiger partial charge in [-0.05, 0) is 31.2 Å². The molecule has 0 amide bonds. The summed E-state index contributed by atoms with van der Waals surface area (Å²) >= 11 is 0. The van der Waals surface area contributed by atoms with Gasteiger partial charge in [0.1, 0.15) is 11.5 Å². The first-order valence-corrected chi connectivity index (χ1v) is 6.96. The van der Waals surface area contributed by atoms with Gasteiger partial charge in [-0.3, -0.25) is 4.99 Å². The molecule has 2 rings (SSSR count). The second kappa shape index (κ2) is 7.36. The van der Waals surface area contributed by atoms with Crippen molar-refractivity contribution in [1.29, 1.82) is 0 Å². The van der Waals surface area contributed by atoms with Gasteiger partial charge in [-0.15, -0.1) is 0 Å². The third-order valence-corrected chi connectivity index (χ3v) is 3.11. The lowest BCUT2D eigenvalue weighted by molar-refractivity contribution is 0.316. The quantitative estimate of drug-likeness (QED) is 0.804. The Hall–Kier alpha value is -2.69. The van der Waals surface area contributed by atoms with Gasteiger partial charge in [0.15, 0.2) is 11.5 Å². The molecule has 0 unspecified atom stereocenters. The van der Waals surface area contributed by atoms with Crippen molar-refractivity contribution in [3.63, 3.8) is 0 Å². The van der Waals surface area contributed by atoms with E-state index in [-0.39, 0.29) is 18.0 Å². The highest BCUT2D eigenvalue weighted by Crippen LogP contribution is 2.30. The molecule has 0 aliphatic rings. The first kappa shape index (κ1) is 15.7. The number of hydrogen-bond donors (Lipinski definition) is 2. The molecule has 0 aliphatic carbocycles. The number of phenols is 2. The molecule has 0 saturated carbocycles. The fraction of sp³-hybridized carbons (Fsp3) is 0.235. The highest BCUT2D eigenvalue weighted by atomic mass is 16.5. The van der Waals surface area contributed by atoms with Gasteiger partial charge < -0.3 is 19.7 Å². The lowest BCUT2D eigenvalue weighted by atomic mass is 10.2. The molecule has 2 aromatic rings. The van der Waals surface area contributed by atoms with Crippen LogP contribution in [0.5, 0.6) is 23.0 Å². The molecule has 116 valence electrons. The van der Waals surface area contributed by atoms with Crippen molar-refractivity contribution in [1.82, 2.24) is 0 Å². The number of aromatic hydroxyl groups is 2. The van der Waals surface area contributed by atoms with Gasteiger partial charge >= 0.3 is 0 Å².